The number of nitrogens with one attached hydrogen (secondary N) is 1. The first-order valence-corrected chi connectivity index (χ1v) is 12.7. The van der Waals surface area contributed by atoms with Crippen molar-refractivity contribution in [2.24, 2.45) is 5.92 Å². The maximum absolute atomic E-state index is 12.6. The Morgan fingerprint density at radius 3 is 2.77 bits per heavy atom. The lowest BCUT2D eigenvalue weighted by atomic mass is 9.52. The molecule has 1 aromatic carbocycles. The van der Waals surface area contributed by atoms with Crippen molar-refractivity contribution in [1.29, 1.82) is 0 Å². The molecule has 35 heavy (non-hydrogen) atoms. The number of hydrogen-bond acceptors (Lipinski definition) is 7. The van der Waals surface area contributed by atoms with Crippen LogP contribution in [0.25, 0.3) is 0 Å². The molecule has 1 amide bonds. The summed E-state index contributed by atoms with van der Waals surface area (Å²) in [6.45, 7) is 11.7. The van der Waals surface area contributed by atoms with Gasteiger partial charge in [-0.05, 0) is 75.6 Å². The standard InChI is InChI=1S/C27H36N2O6/c1-6-15(2)23-27-11-12-29(14-17-7-8-17)20(26(27,4)32)13-18-9-10-19(22(35-23)21(18)27)34-25(31)28-16(3)24(30)33-5/h9-10,16-17,20,23,32H,2,6-8,11-14H2,1,3-5H3,(H,28,31)/t16-,20+,23?,26?,27-/m0/s1. The summed E-state index contributed by atoms with van der Waals surface area (Å²) in [6.07, 6.45) is 3.53. The molecule has 8 nitrogen and oxygen atoms in total. The van der Waals surface area contributed by atoms with Gasteiger partial charge in [-0.15, -0.1) is 0 Å². The van der Waals surface area contributed by atoms with Crippen molar-refractivity contribution in [1.82, 2.24) is 10.2 Å². The Morgan fingerprint density at radius 2 is 2.11 bits per heavy atom. The lowest BCUT2D eigenvalue weighted by molar-refractivity contribution is -0.149. The third-order valence-electron chi connectivity index (χ3n) is 8.64. The summed E-state index contributed by atoms with van der Waals surface area (Å²) in [5.74, 6) is 0.947. The van der Waals surface area contributed by atoms with Crippen LogP contribution in [0.15, 0.2) is 24.3 Å². The molecule has 1 saturated carbocycles. The number of benzene rings is 1. The van der Waals surface area contributed by atoms with E-state index < -0.39 is 35.2 Å². The molecule has 0 aromatic heterocycles. The third kappa shape index (κ3) is 3.64. The van der Waals surface area contributed by atoms with E-state index in [1.807, 2.05) is 19.9 Å². The largest absolute Gasteiger partial charge is 0.481 e. The minimum atomic E-state index is -1.04. The summed E-state index contributed by atoms with van der Waals surface area (Å²) in [5.41, 5.74) is 1.28. The molecular formula is C27H36N2O6. The molecule has 4 aliphatic rings. The smallest absolute Gasteiger partial charge is 0.413 e. The minimum absolute atomic E-state index is 0.0120. The fraction of sp³-hybridized carbons (Fsp3) is 0.630. The van der Waals surface area contributed by atoms with Crippen LogP contribution in [0.3, 0.4) is 0 Å². The van der Waals surface area contributed by atoms with Crippen LogP contribution in [0.1, 0.15) is 57.6 Å². The first kappa shape index (κ1) is 24.1. The van der Waals surface area contributed by atoms with Crippen LogP contribution < -0.4 is 14.8 Å². The van der Waals surface area contributed by atoms with Gasteiger partial charge in [0.15, 0.2) is 11.5 Å². The van der Waals surface area contributed by atoms with Crippen molar-refractivity contribution in [3.8, 4) is 11.5 Å². The molecule has 1 aromatic rings. The second-order valence-corrected chi connectivity index (χ2v) is 10.7. The van der Waals surface area contributed by atoms with Crippen LogP contribution >= 0.6 is 0 Å². The van der Waals surface area contributed by atoms with Crippen molar-refractivity contribution in [2.45, 2.75) is 82.1 Å². The molecule has 2 fully saturated rings. The molecule has 2 aliphatic heterocycles. The molecule has 5 atom stereocenters. The van der Waals surface area contributed by atoms with Gasteiger partial charge in [-0.2, -0.15) is 0 Å². The number of carbonyl (C=O) groups is 2. The highest BCUT2D eigenvalue weighted by Crippen LogP contribution is 2.63. The van der Waals surface area contributed by atoms with Crippen molar-refractivity contribution < 1.29 is 28.9 Å². The Balaban J connectivity index is 1.53. The lowest BCUT2D eigenvalue weighted by Crippen LogP contribution is -2.73. The van der Waals surface area contributed by atoms with Gasteiger partial charge in [0.05, 0.1) is 18.1 Å². The SMILES string of the molecule is C=C(CC)C1Oc2c(OC(=O)N[C@@H](C)C(=O)OC)ccc3c2[C@@]12CCN(CC1CC1)[C@H](C3)C2(C)O. The van der Waals surface area contributed by atoms with E-state index in [4.69, 9.17) is 9.47 Å². The van der Waals surface area contributed by atoms with Gasteiger partial charge >= 0.3 is 12.1 Å². The molecule has 2 heterocycles. The number of piperidine rings is 1. The van der Waals surface area contributed by atoms with Crippen molar-refractivity contribution in [3.63, 3.8) is 0 Å². The number of aliphatic hydroxyl groups is 1. The molecule has 5 rings (SSSR count). The van der Waals surface area contributed by atoms with E-state index in [0.29, 0.717) is 12.2 Å². The first-order valence-electron chi connectivity index (χ1n) is 12.7. The minimum Gasteiger partial charge on any atom is -0.481 e. The van der Waals surface area contributed by atoms with Crippen LogP contribution in [0.5, 0.6) is 11.5 Å². The van der Waals surface area contributed by atoms with E-state index in [9.17, 15) is 14.7 Å². The predicted molar refractivity (Wildman–Crippen MR) is 130 cm³/mol. The number of hydrogen-bond donors (Lipinski definition) is 2. The summed E-state index contributed by atoms with van der Waals surface area (Å²) in [4.78, 5) is 26.8. The van der Waals surface area contributed by atoms with E-state index in [1.54, 1.807) is 6.07 Å². The van der Waals surface area contributed by atoms with Crippen molar-refractivity contribution in [3.05, 3.63) is 35.4 Å². The number of rotatable bonds is 7. The zero-order valence-electron chi connectivity index (χ0n) is 21.1. The fourth-order valence-electron chi connectivity index (χ4n) is 6.51. The highest BCUT2D eigenvalue weighted by molar-refractivity contribution is 5.82. The summed E-state index contributed by atoms with van der Waals surface area (Å²) in [5, 5.41) is 14.7. The van der Waals surface area contributed by atoms with Crippen LogP contribution in [-0.4, -0.2) is 66.1 Å². The highest BCUT2D eigenvalue weighted by atomic mass is 16.6. The van der Waals surface area contributed by atoms with Gasteiger partial charge in [0.1, 0.15) is 12.1 Å². The van der Waals surface area contributed by atoms with Crippen molar-refractivity contribution in [2.75, 3.05) is 20.2 Å². The first-order chi connectivity index (χ1) is 16.6. The van der Waals surface area contributed by atoms with Crippen LogP contribution in [-0.2, 0) is 21.4 Å². The van der Waals surface area contributed by atoms with Crippen LogP contribution in [0.2, 0.25) is 0 Å². The number of methoxy groups -OCH3 is 1. The number of ether oxygens (including phenoxy) is 3. The average molecular weight is 485 g/mol. The van der Waals surface area contributed by atoms with E-state index in [-0.39, 0.29) is 11.8 Å². The van der Waals surface area contributed by atoms with Gasteiger partial charge in [0.25, 0.3) is 0 Å². The molecule has 0 radical (unpaired) electrons. The predicted octanol–water partition coefficient (Wildman–Crippen LogP) is 3.09. The zero-order chi connectivity index (χ0) is 25.1. The molecule has 2 N–H and O–H groups in total. The van der Waals surface area contributed by atoms with E-state index in [0.717, 1.165) is 48.5 Å². The summed E-state index contributed by atoms with van der Waals surface area (Å²) in [7, 11) is 1.26. The van der Waals surface area contributed by atoms with E-state index in [1.165, 1.54) is 26.9 Å². The Morgan fingerprint density at radius 1 is 1.37 bits per heavy atom. The number of carbonyl (C=O) groups excluding carboxylic acids is 2. The highest BCUT2D eigenvalue weighted by Gasteiger charge is 2.68. The maximum atomic E-state index is 12.6. The average Bonchev–Trinajstić information content (AvgIpc) is 3.56. The topological polar surface area (TPSA) is 97.3 Å². The van der Waals surface area contributed by atoms with Gasteiger partial charge in [0, 0.05) is 18.2 Å². The second kappa shape index (κ2) is 8.52. The summed E-state index contributed by atoms with van der Waals surface area (Å²) >= 11 is 0. The second-order valence-electron chi connectivity index (χ2n) is 10.7. The van der Waals surface area contributed by atoms with Gasteiger partial charge < -0.3 is 24.6 Å². The monoisotopic (exact) mass is 484 g/mol. The fourth-order valence-corrected chi connectivity index (χ4v) is 6.51. The third-order valence-corrected chi connectivity index (χ3v) is 8.64. The Labute approximate surface area is 206 Å². The summed E-state index contributed by atoms with van der Waals surface area (Å²) in [6, 6.07) is 2.88. The van der Waals surface area contributed by atoms with E-state index >= 15 is 0 Å². The molecule has 2 unspecified atom stereocenters. The van der Waals surface area contributed by atoms with Gasteiger partial charge in [-0.1, -0.05) is 19.6 Å². The Kier molecular flexibility index (Phi) is 5.87. The van der Waals surface area contributed by atoms with Crippen LogP contribution in [0, 0.1) is 5.92 Å². The lowest BCUT2D eigenvalue weighted by Gasteiger charge is -2.60. The number of amides is 1. The number of likely N-dealkylation sites (tertiary alicyclic amines) is 1. The number of nitrogens with zero attached hydrogens (tertiary/aromatic N) is 1. The van der Waals surface area contributed by atoms with Crippen LogP contribution in [0.4, 0.5) is 4.79 Å². The zero-order valence-corrected chi connectivity index (χ0v) is 21.1. The number of fused-ring (bicyclic) bond motifs is 1. The maximum Gasteiger partial charge on any atom is 0.413 e. The molecule has 8 heteroatoms. The molecule has 1 spiro atoms. The van der Waals surface area contributed by atoms with E-state index in [2.05, 4.69) is 21.5 Å². The molecule has 1 saturated heterocycles. The van der Waals surface area contributed by atoms with Crippen molar-refractivity contribution >= 4 is 12.1 Å². The molecule has 2 aliphatic carbocycles. The van der Waals surface area contributed by atoms with Gasteiger partial charge in [-0.3, -0.25) is 4.90 Å². The molecule has 190 valence electrons. The normalized spacial score (nSPS) is 31.7. The number of esters is 1. The Bertz CT molecular complexity index is 1060. The molecular weight excluding hydrogens is 448 g/mol. The summed E-state index contributed by atoms with van der Waals surface area (Å²) < 4.78 is 16.9. The van der Waals surface area contributed by atoms with Gasteiger partial charge in [-0.25, -0.2) is 9.59 Å². The Hall–Kier alpha value is -2.58. The van der Waals surface area contributed by atoms with Gasteiger partial charge in [0.2, 0.25) is 0 Å². The quantitative estimate of drug-likeness (QED) is 0.453. The molecule has 2 bridgehead atoms.